The number of nitrogens with zero attached hydrogens (tertiary/aromatic N) is 4. The van der Waals surface area contributed by atoms with Crippen molar-refractivity contribution in [1.82, 2.24) is 19.7 Å². The first-order chi connectivity index (χ1) is 14.8. The van der Waals surface area contributed by atoms with Crippen LogP contribution in [0.3, 0.4) is 0 Å². The van der Waals surface area contributed by atoms with Crippen LogP contribution < -0.4 is 26.6 Å². The summed E-state index contributed by atoms with van der Waals surface area (Å²) in [7, 11) is 1.58. The number of aromatic nitrogens is 4. The average molecular weight is 436 g/mol. The Morgan fingerprint density at radius 3 is 2.77 bits per heavy atom. The molecule has 3 rings (SSSR count). The molecule has 0 bridgehead atoms. The third-order valence-electron chi connectivity index (χ3n) is 4.52. The number of nitrogens with two attached hydrogens (primary N) is 1. The van der Waals surface area contributed by atoms with E-state index >= 15 is 0 Å². The second-order valence-corrected chi connectivity index (χ2v) is 6.74. The van der Waals surface area contributed by atoms with Crippen LogP contribution in [0.5, 0.6) is 5.75 Å². The number of aromatic amines is 1. The fraction of sp³-hybridized carbons (Fsp3) is 0.368. The first kappa shape index (κ1) is 22.0. The van der Waals surface area contributed by atoms with Crippen LogP contribution in [-0.4, -0.2) is 33.4 Å². The Labute approximate surface area is 175 Å². The topological polar surface area (TPSA) is 132 Å². The molecule has 31 heavy (non-hydrogen) atoms. The fourth-order valence-electron chi connectivity index (χ4n) is 3.05. The molecule has 12 heteroatoms. The molecule has 0 saturated carbocycles. The van der Waals surface area contributed by atoms with Gasteiger partial charge >= 0.3 is 12.3 Å². The Morgan fingerprint density at radius 1 is 1.32 bits per heavy atom. The van der Waals surface area contributed by atoms with Crippen LogP contribution in [0.2, 0.25) is 0 Å². The predicted octanol–water partition coefficient (Wildman–Crippen LogP) is 2.21. The minimum absolute atomic E-state index is 0.00979. The molecule has 0 aliphatic rings. The normalized spacial score (nSPS) is 11.1. The maximum atomic E-state index is 12.6. The van der Waals surface area contributed by atoms with E-state index in [4.69, 9.17) is 10.3 Å². The molecule has 0 amide bonds. The van der Waals surface area contributed by atoms with Gasteiger partial charge < -0.3 is 19.9 Å². The Hall–Kier alpha value is -3.70. The van der Waals surface area contributed by atoms with Gasteiger partial charge in [-0.1, -0.05) is 30.6 Å². The zero-order valence-corrected chi connectivity index (χ0v) is 17.0. The SMILES string of the molecule is CCCCn1c(N)c(N(C)Cc2nc(-c3ccccc3OC(F)F)no2)c(=O)[nH]c1=O. The highest BCUT2D eigenvalue weighted by atomic mass is 19.3. The first-order valence-corrected chi connectivity index (χ1v) is 9.52. The molecule has 0 unspecified atom stereocenters. The summed E-state index contributed by atoms with van der Waals surface area (Å²) >= 11 is 0. The van der Waals surface area contributed by atoms with E-state index in [1.807, 2.05) is 6.92 Å². The van der Waals surface area contributed by atoms with Crippen molar-refractivity contribution >= 4 is 11.5 Å². The minimum atomic E-state index is -3.00. The fourth-order valence-corrected chi connectivity index (χ4v) is 3.05. The quantitative estimate of drug-likeness (QED) is 0.522. The van der Waals surface area contributed by atoms with E-state index in [9.17, 15) is 18.4 Å². The molecular weight excluding hydrogens is 414 g/mol. The van der Waals surface area contributed by atoms with Crippen LogP contribution >= 0.6 is 0 Å². The summed E-state index contributed by atoms with van der Waals surface area (Å²) in [6, 6.07) is 6.04. The number of H-pyrrole nitrogens is 1. The van der Waals surface area contributed by atoms with Gasteiger partial charge in [0.25, 0.3) is 5.56 Å². The molecule has 0 radical (unpaired) electrons. The lowest BCUT2D eigenvalue weighted by Gasteiger charge is -2.20. The molecule has 0 aliphatic carbocycles. The third-order valence-corrected chi connectivity index (χ3v) is 4.52. The molecule has 3 N–H and O–H groups in total. The summed E-state index contributed by atoms with van der Waals surface area (Å²) in [5.74, 6) is 0.0888. The Kier molecular flexibility index (Phi) is 6.68. The van der Waals surface area contributed by atoms with E-state index in [0.717, 1.165) is 6.42 Å². The van der Waals surface area contributed by atoms with Crippen LogP contribution in [0.4, 0.5) is 20.3 Å². The molecule has 0 atom stereocenters. The van der Waals surface area contributed by atoms with Crippen molar-refractivity contribution in [2.24, 2.45) is 0 Å². The highest BCUT2D eigenvalue weighted by Crippen LogP contribution is 2.29. The van der Waals surface area contributed by atoms with Crippen molar-refractivity contribution in [1.29, 1.82) is 0 Å². The number of ether oxygens (including phenoxy) is 1. The van der Waals surface area contributed by atoms with Gasteiger partial charge in [0.1, 0.15) is 17.3 Å². The molecule has 0 fully saturated rings. The summed E-state index contributed by atoms with van der Waals surface area (Å²) in [4.78, 5) is 32.3. The molecule has 0 spiro atoms. The maximum absolute atomic E-state index is 12.6. The number of rotatable bonds is 9. The number of nitrogen functional groups attached to an aromatic ring is 1. The van der Waals surface area contributed by atoms with E-state index in [0.29, 0.717) is 13.0 Å². The van der Waals surface area contributed by atoms with Crippen molar-refractivity contribution < 1.29 is 18.0 Å². The van der Waals surface area contributed by atoms with Crippen LogP contribution in [-0.2, 0) is 13.1 Å². The van der Waals surface area contributed by atoms with Gasteiger partial charge in [0, 0.05) is 13.6 Å². The van der Waals surface area contributed by atoms with Gasteiger partial charge in [0.2, 0.25) is 11.7 Å². The van der Waals surface area contributed by atoms with Gasteiger partial charge in [0.15, 0.2) is 0 Å². The third kappa shape index (κ3) is 4.90. The largest absolute Gasteiger partial charge is 0.434 e. The second kappa shape index (κ2) is 9.41. The molecular formula is C19H22F2N6O4. The van der Waals surface area contributed by atoms with Crippen molar-refractivity contribution in [2.75, 3.05) is 17.7 Å². The van der Waals surface area contributed by atoms with Crippen LogP contribution in [0.1, 0.15) is 25.7 Å². The molecule has 2 heterocycles. The number of para-hydroxylation sites is 1. The number of hydrogen-bond acceptors (Lipinski definition) is 8. The monoisotopic (exact) mass is 436 g/mol. The summed E-state index contributed by atoms with van der Waals surface area (Å²) in [5, 5.41) is 3.81. The number of halogens is 2. The first-order valence-electron chi connectivity index (χ1n) is 9.52. The van der Waals surface area contributed by atoms with E-state index < -0.39 is 17.9 Å². The van der Waals surface area contributed by atoms with Crippen LogP contribution in [0, 0.1) is 0 Å². The number of hydrogen-bond donors (Lipinski definition) is 2. The van der Waals surface area contributed by atoms with Gasteiger partial charge in [-0.25, -0.2) is 4.79 Å². The lowest BCUT2D eigenvalue weighted by Crippen LogP contribution is -2.37. The Bertz CT molecular complexity index is 1160. The zero-order chi connectivity index (χ0) is 22.5. The Balaban J connectivity index is 1.87. The predicted molar refractivity (Wildman–Crippen MR) is 109 cm³/mol. The zero-order valence-electron chi connectivity index (χ0n) is 17.0. The molecule has 0 saturated heterocycles. The second-order valence-electron chi connectivity index (χ2n) is 6.74. The van der Waals surface area contributed by atoms with Gasteiger partial charge in [-0.3, -0.25) is 14.3 Å². The summed E-state index contributed by atoms with van der Waals surface area (Å²) in [6.07, 6.45) is 1.56. The number of alkyl halides is 2. The van der Waals surface area contributed by atoms with Crippen molar-refractivity contribution in [3.05, 3.63) is 51.0 Å². The van der Waals surface area contributed by atoms with Crippen molar-refractivity contribution in [3.63, 3.8) is 0 Å². The lowest BCUT2D eigenvalue weighted by atomic mass is 10.2. The van der Waals surface area contributed by atoms with Crippen LogP contribution in [0.25, 0.3) is 11.4 Å². The molecule has 0 aliphatic heterocycles. The van der Waals surface area contributed by atoms with E-state index in [1.54, 1.807) is 19.2 Å². The van der Waals surface area contributed by atoms with Crippen molar-refractivity contribution in [3.8, 4) is 17.1 Å². The lowest BCUT2D eigenvalue weighted by molar-refractivity contribution is -0.0494. The minimum Gasteiger partial charge on any atom is -0.434 e. The smallest absolute Gasteiger partial charge is 0.387 e. The highest BCUT2D eigenvalue weighted by molar-refractivity contribution is 5.64. The highest BCUT2D eigenvalue weighted by Gasteiger charge is 2.20. The number of unbranched alkanes of at least 4 members (excludes halogenated alkanes) is 1. The van der Waals surface area contributed by atoms with Gasteiger partial charge in [-0.15, -0.1) is 0 Å². The molecule has 166 valence electrons. The van der Waals surface area contributed by atoms with Gasteiger partial charge in [-0.05, 0) is 18.6 Å². The molecule has 10 nitrogen and oxygen atoms in total. The van der Waals surface area contributed by atoms with E-state index in [2.05, 4.69) is 19.9 Å². The summed E-state index contributed by atoms with van der Waals surface area (Å²) in [5.41, 5.74) is 5.17. The van der Waals surface area contributed by atoms with Crippen molar-refractivity contribution in [2.45, 2.75) is 39.5 Å². The number of benzene rings is 1. The number of anilines is 2. The van der Waals surface area contributed by atoms with Crippen LogP contribution in [0.15, 0.2) is 38.4 Å². The Morgan fingerprint density at radius 2 is 2.06 bits per heavy atom. The van der Waals surface area contributed by atoms with E-state index in [-0.39, 0.29) is 41.1 Å². The molecule has 2 aromatic heterocycles. The molecule has 3 aromatic rings. The standard InChI is InChI=1S/C19H22F2N6O4/c1-3-4-9-27-15(22)14(17(28)24-19(27)29)26(2)10-13-23-16(25-31-13)11-7-5-6-8-12(11)30-18(20)21/h5-8,18H,3-4,9-10,22H2,1-2H3,(H,24,28,29). The maximum Gasteiger partial charge on any atom is 0.387 e. The van der Waals surface area contributed by atoms with E-state index in [1.165, 1.54) is 21.6 Å². The summed E-state index contributed by atoms with van der Waals surface area (Å²) in [6.45, 7) is -0.677. The average Bonchev–Trinajstić information content (AvgIpc) is 3.15. The van der Waals surface area contributed by atoms with Gasteiger partial charge in [0.05, 0.1) is 12.1 Å². The molecule has 1 aromatic carbocycles. The number of nitrogens with one attached hydrogen (secondary N) is 1. The van der Waals surface area contributed by atoms with Gasteiger partial charge in [-0.2, -0.15) is 13.8 Å². The summed E-state index contributed by atoms with van der Waals surface area (Å²) < 4.78 is 36.3.